The number of hydrogen-bond donors (Lipinski definition) is 1. The van der Waals surface area contributed by atoms with Gasteiger partial charge in [0.05, 0.1) is 18.8 Å². The monoisotopic (exact) mass is 405 g/mol. The molecule has 28 heavy (non-hydrogen) atoms. The first-order valence-electron chi connectivity index (χ1n) is 8.32. The first-order chi connectivity index (χ1) is 13.4. The first kappa shape index (κ1) is 19.8. The van der Waals surface area contributed by atoms with E-state index >= 15 is 0 Å². The minimum Gasteiger partial charge on any atom is -0.497 e. The Hall–Kier alpha value is -2.94. The molecule has 0 fully saturated rings. The maximum Gasteiger partial charge on any atom is 0.277 e. The third-order valence-corrected chi connectivity index (χ3v) is 4.73. The molecule has 0 spiro atoms. The van der Waals surface area contributed by atoms with Crippen molar-refractivity contribution in [3.63, 3.8) is 0 Å². The van der Waals surface area contributed by atoms with E-state index in [9.17, 15) is 13.6 Å². The summed E-state index contributed by atoms with van der Waals surface area (Å²) >= 11 is 1.08. The fraction of sp³-hybridized carbons (Fsp3) is 0.211. The van der Waals surface area contributed by atoms with E-state index in [1.165, 1.54) is 6.07 Å². The second-order valence-corrected chi connectivity index (χ2v) is 7.16. The van der Waals surface area contributed by atoms with Crippen LogP contribution in [0.3, 0.4) is 0 Å². The van der Waals surface area contributed by atoms with Crippen molar-refractivity contribution in [2.75, 3.05) is 12.4 Å². The molecule has 1 atom stereocenters. The van der Waals surface area contributed by atoms with Crippen LogP contribution in [0.15, 0.2) is 52.1 Å². The summed E-state index contributed by atoms with van der Waals surface area (Å²) in [7, 11) is 1.60. The van der Waals surface area contributed by atoms with E-state index in [-0.39, 0.29) is 10.9 Å². The zero-order chi connectivity index (χ0) is 20.1. The Balaban J connectivity index is 1.57. The number of aromatic nitrogens is 2. The predicted octanol–water partition coefficient (Wildman–Crippen LogP) is 4.07. The highest BCUT2D eigenvalue weighted by molar-refractivity contribution is 8.00. The highest BCUT2D eigenvalue weighted by atomic mass is 32.2. The number of carbonyl (C=O) groups is 1. The number of methoxy groups -OCH3 is 1. The second kappa shape index (κ2) is 8.83. The fourth-order valence-corrected chi connectivity index (χ4v) is 3.00. The van der Waals surface area contributed by atoms with Crippen molar-refractivity contribution in [2.24, 2.45) is 0 Å². The van der Waals surface area contributed by atoms with Crippen LogP contribution in [0.4, 0.5) is 14.5 Å². The van der Waals surface area contributed by atoms with Gasteiger partial charge in [0.2, 0.25) is 11.8 Å². The van der Waals surface area contributed by atoms with Gasteiger partial charge in [0.15, 0.2) is 11.6 Å². The number of benzene rings is 2. The van der Waals surface area contributed by atoms with Crippen LogP contribution in [0, 0.1) is 11.6 Å². The van der Waals surface area contributed by atoms with Crippen molar-refractivity contribution in [1.29, 1.82) is 0 Å². The number of nitrogens with one attached hydrogen (secondary N) is 1. The van der Waals surface area contributed by atoms with Gasteiger partial charge in [-0.15, -0.1) is 10.2 Å². The number of nitrogens with zero attached hydrogens (tertiary/aromatic N) is 2. The summed E-state index contributed by atoms with van der Waals surface area (Å²) in [5.74, 6) is -1.23. The maximum absolute atomic E-state index is 13.2. The minimum absolute atomic E-state index is 0.169. The van der Waals surface area contributed by atoms with Gasteiger partial charge in [0.25, 0.3) is 5.22 Å². The summed E-state index contributed by atoms with van der Waals surface area (Å²) in [6.07, 6.45) is 0.451. The fourth-order valence-electron chi connectivity index (χ4n) is 2.30. The quantitative estimate of drug-likeness (QED) is 0.597. The molecular weight excluding hydrogens is 388 g/mol. The molecule has 0 saturated heterocycles. The Labute approximate surface area is 164 Å². The van der Waals surface area contributed by atoms with E-state index < -0.39 is 22.8 Å². The van der Waals surface area contributed by atoms with Crippen molar-refractivity contribution in [1.82, 2.24) is 10.2 Å². The molecule has 0 bridgehead atoms. The Bertz CT molecular complexity index is 963. The van der Waals surface area contributed by atoms with Crippen molar-refractivity contribution < 1.29 is 22.7 Å². The van der Waals surface area contributed by atoms with Crippen LogP contribution in [-0.4, -0.2) is 28.5 Å². The topological polar surface area (TPSA) is 77.2 Å². The van der Waals surface area contributed by atoms with Gasteiger partial charge in [-0.2, -0.15) is 0 Å². The molecule has 0 radical (unpaired) electrons. The van der Waals surface area contributed by atoms with E-state index in [0.717, 1.165) is 35.2 Å². The first-order valence-corrected chi connectivity index (χ1v) is 9.20. The van der Waals surface area contributed by atoms with Crippen LogP contribution in [0.1, 0.15) is 18.4 Å². The molecular formula is C19H17F2N3O3S. The Kier molecular flexibility index (Phi) is 6.25. The number of rotatable bonds is 7. The van der Waals surface area contributed by atoms with Crippen LogP contribution in [0.5, 0.6) is 5.75 Å². The van der Waals surface area contributed by atoms with Crippen molar-refractivity contribution in [2.45, 2.75) is 23.8 Å². The average Bonchev–Trinajstić information content (AvgIpc) is 3.12. The molecule has 3 rings (SSSR count). The number of amides is 1. The summed E-state index contributed by atoms with van der Waals surface area (Å²) in [6.45, 7) is 1.65. The van der Waals surface area contributed by atoms with Gasteiger partial charge in [-0.05, 0) is 36.8 Å². The lowest BCUT2D eigenvalue weighted by atomic mass is 10.1. The van der Waals surface area contributed by atoms with Gasteiger partial charge >= 0.3 is 0 Å². The maximum atomic E-state index is 13.2. The zero-order valence-electron chi connectivity index (χ0n) is 15.1. The standard InChI is InChI=1S/C19H17F2N3O3S/c1-11(18(25)22-13-5-8-15(20)16(21)10-13)28-19-24-23-17(27-19)9-12-3-6-14(26-2)7-4-12/h3-8,10-11H,9H2,1-2H3,(H,22,25)/t11-/m0/s1. The van der Waals surface area contributed by atoms with Crippen molar-refractivity contribution in [3.05, 3.63) is 65.6 Å². The molecule has 2 aromatic carbocycles. The van der Waals surface area contributed by atoms with Gasteiger partial charge in [0.1, 0.15) is 5.75 Å². The molecule has 6 nitrogen and oxygen atoms in total. The molecule has 0 unspecified atom stereocenters. The lowest BCUT2D eigenvalue weighted by Gasteiger charge is -2.10. The molecule has 9 heteroatoms. The summed E-state index contributed by atoms with van der Waals surface area (Å²) in [4.78, 5) is 12.2. The van der Waals surface area contributed by atoms with E-state index in [0.29, 0.717) is 12.3 Å². The molecule has 1 heterocycles. The zero-order valence-corrected chi connectivity index (χ0v) is 15.9. The van der Waals surface area contributed by atoms with E-state index in [1.807, 2.05) is 24.3 Å². The largest absolute Gasteiger partial charge is 0.497 e. The summed E-state index contributed by atoms with van der Waals surface area (Å²) < 4.78 is 36.9. The highest BCUT2D eigenvalue weighted by Gasteiger charge is 2.19. The molecule has 0 aliphatic heterocycles. The predicted molar refractivity (Wildman–Crippen MR) is 100 cm³/mol. The molecule has 146 valence electrons. The van der Waals surface area contributed by atoms with Crippen LogP contribution in [0.25, 0.3) is 0 Å². The van der Waals surface area contributed by atoms with Gasteiger partial charge in [-0.1, -0.05) is 23.9 Å². The molecule has 3 aromatic rings. The number of anilines is 1. The summed E-state index contributed by atoms with van der Waals surface area (Å²) in [6, 6.07) is 10.6. The van der Waals surface area contributed by atoms with Crippen LogP contribution < -0.4 is 10.1 Å². The Morgan fingerprint density at radius 2 is 1.93 bits per heavy atom. The second-order valence-electron chi connectivity index (χ2n) is 5.86. The number of carbonyl (C=O) groups excluding carboxylic acids is 1. The normalized spacial score (nSPS) is 11.9. The summed E-state index contributed by atoms with van der Waals surface area (Å²) in [5, 5.41) is 10.1. The molecule has 1 amide bonds. The third-order valence-electron chi connectivity index (χ3n) is 3.80. The summed E-state index contributed by atoms with van der Waals surface area (Å²) in [5.41, 5.74) is 1.15. The number of thioether (sulfide) groups is 1. The molecule has 0 saturated carbocycles. The van der Waals surface area contributed by atoms with Gasteiger partial charge < -0.3 is 14.5 Å². The van der Waals surface area contributed by atoms with Crippen LogP contribution >= 0.6 is 11.8 Å². The molecule has 1 aromatic heterocycles. The van der Waals surface area contributed by atoms with Crippen molar-refractivity contribution >= 4 is 23.4 Å². The highest BCUT2D eigenvalue weighted by Crippen LogP contribution is 2.24. The SMILES string of the molecule is COc1ccc(Cc2nnc(S[C@@H](C)C(=O)Nc3ccc(F)c(F)c3)o2)cc1. The van der Waals surface area contributed by atoms with Crippen LogP contribution in [0.2, 0.25) is 0 Å². The minimum atomic E-state index is -1.03. The molecule has 0 aliphatic carbocycles. The Morgan fingerprint density at radius 1 is 1.18 bits per heavy atom. The van der Waals surface area contributed by atoms with Gasteiger partial charge in [-0.25, -0.2) is 8.78 Å². The number of halogens is 2. The van der Waals surface area contributed by atoms with E-state index in [1.54, 1.807) is 14.0 Å². The van der Waals surface area contributed by atoms with Gasteiger partial charge in [-0.3, -0.25) is 4.79 Å². The average molecular weight is 405 g/mol. The van der Waals surface area contributed by atoms with Crippen molar-refractivity contribution in [3.8, 4) is 5.75 Å². The smallest absolute Gasteiger partial charge is 0.277 e. The number of hydrogen-bond acceptors (Lipinski definition) is 6. The Morgan fingerprint density at radius 3 is 2.61 bits per heavy atom. The third kappa shape index (κ3) is 5.07. The van der Waals surface area contributed by atoms with Gasteiger partial charge in [0, 0.05) is 11.8 Å². The lowest BCUT2D eigenvalue weighted by Crippen LogP contribution is -2.22. The molecule has 0 aliphatic rings. The van der Waals surface area contributed by atoms with Crippen LogP contribution in [-0.2, 0) is 11.2 Å². The number of ether oxygens (including phenoxy) is 1. The lowest BCUT2D eigenvalue weighted by molar-refractivity contribution is -0.115. The van der Waals surface area contributed by atoms with E-state index in [2.05, 4.69) is 15.5 Å². The van der Waals surface area contributed by atoms with E-state index in [4.69, 9.17) is 9.15 Å². The molecule has 1 N–H and O–H groups in total.